The maximum Gasteiger partial charge on any atom is 0.227 e. The van der Waals surface area contributed by atoms with Gasteiger partial charge in [0.25, 0.3) is 0 Å². The molecule has 4 rings (SSSR count). The van der Waals surface area contributed by atoms with E-state index >= 15 is 0 Å². The van der Waals surface area contributed by atoms with Gasteiger partial charge < -0.3 is 9.88 Å². The minimum atomic E-state index is -0.277. The van der Waals surface area contributed by atoms with Crippen molar-refractivity contribution in [2.75, 3.05) is 26.2 Å². The lowest BCUT2D eigenvalue weighted by atomic mass is 10.1. The first-order valence-corrected chi connectivity index (χ1v) is 8.98. The Labute approximate surface area is 152 Å². The van der Waals surface area contributed by atoms with E-state index < -0.39 is 0 Å². The van der Waals surface area contributed by atoms with E-state index in [0.29, 0.717) is 6.42 Å². The number of H-pyrrole nitrogens is 1. The van der Waals surface area contributed by atoms with Gasteiger partial charge in [0, 0.05) is 49.8 Å². The zero-order valence-corrected chi connectivity index (χ0v) is 14.6. The number of aromatic amines is 1. The van der Waals surface area contributed by atoms with Crippen molar-refractivity contribution in [3.05, 3.63) is 71.7 Å². The van der Waals surface area contributed by atoms with Crippen molar-refractivity contribution in [3.8, 4) is 0 Å². The average Bonchev–Trinajstić information content (AvgIpc) is 3.05. The molecule has 5 heteroatoms. The molecule has 0 bridgehead atoms. The summed E-state index contributed by atoms with van der Waals surface area (Å²) in [6, 6.07) is 15.0. The van der Waals surface area contributed by atoms with E-state index in [-0.39, 0.29) is 11.7 Å². The van der Waals surface area contributed by atoms with Gasteiger partial charge in [-0.2, -0.15) is 0 Å². The van der Waals surface area contributed by atoms with Crippen LogP contribution in [0.2, 0.25) is 0 Å². The van der Waals surface area contributed by atoms with E-state index in [2.05, 4.69) is 34.1 Å². The van der Waals surface area contributed by atoms with E-state index in [0.717, 1.165) is 49.2 Å². The molecule has 0 atom stereocenters. The molecule has 3 aromatic rings. The summed E-state index contributed by atoms with van der Waals surface area (Å²) in [5, 5.41) is 0.793. The average molecular weight is 351 g/mol. The van der Waals surface area contributed by atoms with Crippen LogP contribution >= 0.6 is 0 Å². The minimum absolute atomic E-state index is 0.106. The van der Waals surface area contributed by atoms with Gasteiger partial charge in [0.15, 0.2) is 0 Å². The summed E-state index contributed by atoms with van der Waals surface area (Å²) >= 11 is 0. The van der Waals surface area contributed by atoms with Crippen molar-refractivity contribution in [1.29, 1.82) is 0 Å². The molecule has 1 N–H and O–H groups in total. The molecule has 4 nitrogen and oxygen atoms in total. The standard InChI is InChI=1S/C21H22FN3O/c22-18-6-7-20-19(13-18)17(14-23-20)12-21(26)25-10-8-24(9-11-25)15-16-4-2-1-3-5-16/h1-7,13-14,23H,8-12,15H2. The van der Waals surface area contributed by atoms with Crippen LogP contribution in [0.25, 0.3) is 10.9 Å². The Kier molecular flexibility index (Phi) is 4.71. The summed E-state index contributed by atoms with van der Waals surface area (Å²) in [5.41, 5.74) is 3.02. The Morgan fingerprint density at radius 3 is 2.58 bits per heavy atom. The van der Waals surface area contributed by atoms with Crippen molar-refractivity contribution in [2.24, 2.45) is 0 Å². The number of halogens is 1. The van der Waals surface area contributed by atoms with Crippen LogP contribution in [0.15, 0.2) is 54.7 Å². The predicted octanol–water partition coefficient (Wildman–Crippen LogP) is 3.19. The lowest BCUT2D eigenvalue weighted by molar-refractivity contribution is -0.132. The smallest absolute Gasteiger partial charge is 0.227 e. The van der Waals surface area contributed by atoms with Crippen LogP contribution in [0.3, 0.4) is 0 Å². The molecule has 134 valence electrons. The Hall–Kier alpha value is -2.66. The maximum absolute atomic E-state index is 13.5. The molecule has 1 aliphatic rings. The highest BCUT2D eigenvalue weighted by atomic mass is 19.1. The fraction of sp³-hybridized carbons (Fsp3) is 0.286. The van der Waals surface area contributed by atoms with Crippen LogP contribution < -0.4 is 0 Å². The van der Waals surface area contributed by atoms with E-state index in [9.17, 15) is 9.18 Å². The van der Waals surface area contributed by atoms with E-state index in [4.69, 9.17) is 0 Å². The number of nitrogens with one attached hydrogen (secondary N) is 1. The lowest BCUT2D eigenvalue weighted by Crippen LogP contribution is -2.48. The summed E-state index contributed by atoms with van der Waals surface area (Å²) in [6.07, 6.45) is 2.12. The molecule has 1 aromatic heterocycles. The van der Waals surface area contributed by atoms with Crippen molar-refractivity contribution >= 4 is 16.8 Å². The van der Waals surface area contributed by atoms with Gasteiger partial charge in [-0.25, -0.2) is 4.39 Å². The number of carbonyl (C=O) groups is 1. The number of fused-ring (bicyclic) bond motifs is 1. The van der Waals surface area contributed by atoms with Crippen LogP contribution in [0.4, 0.5) is 4.39 Å². The van der Waals surface area contributed by atoms with Crippen LogP contribution in [-0.2, 0) is 17.8 Å². The summed E-state index contributed by atoms with van der Waals surface area (Å²) in [6.45, 7) is 4.15. The fourth-order valence-corrected chi connectivity index (χ4v) is 3.57. The number of aromatic nitrogens is 1. The summed E-state index contributed by atoms with van der Waals surface area (Å²) in [7, 11) is 0. The fourth-order valence-electron chi connectivity index (χ4n) is 3.57. The van der Waals surface area contributed by atoms with E-state index in [1.54, 1.807) is 6.07 Å². The van der Waals surface area contributed by atoms with Crippen molar-refractivity contribution in [1.82, 2.24) is 14.8 Å². The first-order chi connectivity index (χ1) is 12.7. The second-order valence-electron chi connectivity index (χ2n) is 6.82. The van der Waals surface area contributed by atoms with Crippen LogP contribution in [-0.4, -0.2) is 46.9 Å². The molecule has 1 aliphatic heterocycles. The highest BCUT2D eigenvalue weighted by Gasteiger charge is 2.22. The van der Waals surface area contributed by atoms with Gasteiger partial charge in [0.2, 0.25) is 5.91 Å². The third-order valence-electron chi connectivity index (χ3n) is 5.05. The van der Waals surface area contributed by atoms with Crippen molar-refractivity contribution in [2.45, 2.75) is 13.0 Å². The molecule has 1 saturated heterocycles. The normalized spacial score (nSPS) is 15.5. The van der Waals surface area contributed by atoms with Gasteiger partial charge >= 0.3 is 0 Å². The largest absolute Gasteiger partial charge is 0.361 e. The van der Waals surface area contributed by atoms with E-state index in [1.165, 1.54) is 17.7 Å². The first kappa shape index (κ1) is 16.8. The maximum atomic E-state index is 13.5. The molecule has 1 amide bonds. The second kappa shape index (κ2) is 7.30. The molecule has 0 unspecified atom stereocenters. The third kappa shape index (κ3) is 3.63. The Bertz CT molecular complexity index is 898. The van der Waals surface area contributed by atoms with Gasteiger partial charge in [-0.1, -0.05) is 30.3 Å². The van der Waals surface area contributed by atoms with Crippen LogP contribution in [0, 0.1) is 5.82 Å². The summed E-state index contributed by atoms with van der Waals surface area (Å²) in [5.74, 6) is -0.171. The van der Waals surface area contributed by atoms with Crippen molar-refractivity contribution in [3.63, 3.8) is 0 Å². The number of hydrogen-bond donors (Lipinski definition) is 1. The molecule has 1 fully saturated rings. The highest BCUT2D eigenvalue weighted by Crippen LogP contribution is 2.20. The van der Waals surface area contributed by atoms with Crippen LogP contribution in [0.5, 0.6) is 0 Å². The molecule has 2 aromatic carbocycles. The topological polar surface area (TPSA) is 39.3 Å². The number of benzene rings is 2. The SMILES string of the molecule is O=C(Cc1c[nH]c2ccc(F)cc12)N1CCN(Cc2ccccc2)CC1. The van der Waals surface area contributed by atoms with Crippen molar-refractivity contribution < 1.29 is 9.18 Å². The number of amides is 1. The molecule has 26 heavy (non-hydrogen) atoms. The number of carbonyl (C=O) groups excluding carboxylic acids is 1. The number of rotatable bonds is 4. The predicted molar refractivity (Wildman–Crippen MR) is 100 cm³/mol. The summed E-state index contributed by atoms with van der Waals surface area (Å²) < 4.78 is 13.5. The van der Waals surface area contributed by atoms with Gasteiger partial charge in [0.05, 0.1) is 6.42 Å². The van der Waals surface area contributed by atoms with E-state index in [1.807, 2.05) is 17.2 Å². The molecular weight excluding hydrogens is 329 g/mol. The second-order valence-corrected chi connectivity index (χ2v) is 6.82. The van der Waals surface area contributed by atoms with Gasteiger partial charge in [-0.3, -0.25) is 9.69 Å². The van der Waals surface area contributed by atoms with Gasteiger partial charge in [-0.05, 0) is 29.3 Å². The third-order valence-corrected chi connectivity index (χ3v) is 5.05. The summed E-state index contributed by atoms with van der Waals surface area (Å²) in [4.78, 5) is 20.1. The number of nitrogens with zero attached hydrogens (tertiary/aromatic N) is 2. The molecule has 0 saturated carbocycles. The molecule has 0 radical (unpaired) electrons. The highest BCUT2D eigenvalue weighted by molar-refractivity contribution is 5.89. The number of hydrogen-bond acceptors (Lipinski definition) is 2. The molecule has 0 aliphatic carbocycles. The Morgan fingerprint density at radius 2 is 1.81 bits per heavy atom. The first-order valence-electron chi connectivity index (χ1n) is 8.98. The Morgan fingerprint density at radius 1 is 1.04 bits per heavy atom. The molecule has 0 spiro atoms. The van der Waals surface area contributed by atoms with Gasteiger partial charge in [-0.15, -0.1) is 0 Å². The number of piperazine rings is 1. The zero-order valence-electron chi connectivity index (χ0n) is 14.6. The minimum Gasteiger partial charge on any atom is -0.361 e. The quantitative estimate of drug-likeness (QED) is 0.784. The molecular formula is C21H22FN3O. The Balaban J connectivity index is 1.35. The van der Waals surface area contributed by atoms with Crippen LogP contribution in [0.1, 0.15) is 11.1 Å². The monoisotopic (exact) mass is 351 g/mol. The lowest BCUT2D eigenvalue weighted by Gasteiger charge is -2.34. The van der Waals surface area contributed by atoms with Gasteiger partial charge in [0.1, 0.15) is 5.82 Å². The molecule has 2 heterocycles. The zero-order chi connectivity index (χ0) is 17.9.